The minimum atomic E-state index is -2.89. The van der Waals surface area contributed by atoms with Crippen LogP contribution in [0.2, 0.25) is 0 Å². The summed E-state index contributed by atoms with van der Waals surface area (Å²) in [4.78, 5) is 11.7. The highest BCUT2D eigenvalue weighted by molar-refractivity contribution is 6.05. The SMILES string of the molecule is COC(=O)c1c(C(F)F)oc2ccc(OCC3CC3)cc12. The number of benzene rings is 1. The first kappa shape index (κ1) is 13.9. The summed E-state index contributed by atoms with van der Waals surface area (Å²) in [5.74, 6) is -0.414. The molecule has 1 fully saturated rings. The van der Waals surface area contributed by atoms with Gasteiger partial charge in [0.15, 0.2) is 5.76 Å². The lowest BCUT2D eigenvalue weighted by Gasteiger charge is -2.05. The smallest absolute Gasteiger partial charge is 0.342 e. The molecular weight excluding hydrogens is 282 g/mol. The molecule has 0 amide bonds. The minimum absolute atomic E-state index is 0.212. The number of ether oxygens (including phenoxy) is 2. The second-order valence-corrected chi connectivity index (χ2v) is 5.05. The second kappa shape index (κ2) is 5.35. The van der Waals surface area contributed by atoms with Crippen molar-refractivity contribution >= 4 is 16.9 Å². The molecule has 0 N–H and O–H groups in total. The number of halogens is 2. The lowest BCUT2D eigenvalue weighted by molar-refractivity contribution is 0.0582. The summed E-state index contributed by atoms with van der Waals surface area (Å²) in [6.07, 6.45) is -0.587. The standard InChI is InChI=1S/C15H14F2O4/c1-19-15(18)12-10-6-9(20-7-8-2-3-8)4-5-11(10)21-13(12)14(16)17/h4-6,8,14H,2-3,7H2,1H3. The Morgan fingerprint density at radius 2 is 2.19 bits per heavy atom. The largest absolute Gasteiger partial charge is 0.493 e. The van der Waals surface area contributed by atoms with Crippen molar-refractivity contribution in [2.45, 2.75) is 19.3 Å². The maximum atomic E-state index is 13.0. The molecule has 6 heteroatoms. The van der Waals surface area contributed by atoms with E-state index in [-0.39, 0.29) is 16.5 Å². The van der Waals surface area contributed by atoms with Crippen LogP contribution < -0.4 is 4.74 Å². The lowest BCUT2D eigenvalue weighted by atomic mass is 10.1. The fraction of sp³-hybridized carbons (Fsp3) is 0.400. The van der Waals surface area contributed by atoms with Crippen molar-refractivity contribution in [3.63, 3.8) is 0 Å². The topological polar surface area (TPSA) is 48.7 Å². The molecule has 1 aromatic heterocycles. The summed E-state index contributed by atoms with van der Waals surface area (Å²) in [6, 6.07) is 4.71. The molecule has 0 spiro atoms. The zero-order chi connectivity index (χ0) is 15.0. The van der Waals surface area contributed by atoms with Gasteiger partial charge < -0.3 is 13.9 Å². The predicted octanol–water partition coefficient (Wildman–Crippen LogP) is 3.95. The highest BCUT2D eigenvalue weighted by Crippen LogP contribution is 2.36. The molecule has 1 aromatic carbocycles. The molecule has 0 bridgehead atoms. The first-order valence-electron chi connectivity index (χ1n) is 6.66. The Labute approximate surface area is 119 Å². The van der Waals surface area contributed by atoms with Gasteiger partial charge in [0, 0.05) is 5.39 Å². The van der Waals surface area contributed by atoms with Gasteiger partial charge in [-0.1, -0.05) is 0 Å². The van der Waals surface area contributed by atoms with Crippen molar-refractivity contribution in [1.29, 1.82) is 0 Å². The van der Waals surface area contributed by atoms with Gasteiger partial charge in [-0.05, 0) is 37.0 Å². The van der Waals surface area contributed by atoms with Gasteiger partial charge >= 0.3 is 5.97 Å². The van der Waals surface area contributed by atoms with Crippen molar-refractivity contribution in [2.75, 3.05) is 13.7 Å². The van der Waals surface area contributed by atoms with Gasteiger partial charge in [-0.25, -0.2) is 13.6 Å². The van der Waals surface area contributed by atoms with E-state index < -0.39 is 18.2 Å². The maximum Gasteiger partial charge on any atom is 0.342 e. The minimum Gasteiger partial charge on any atom is -0.493 e. The predicted molar refractivity (Wildman–Crippen MR) is 70.7 cm³/mol. The summed E-state index contributed by atoms with van der Waals surface area (Å²) in [7, 11) is 1.14. The normalized spacial score (nSPS) is 14.7. The summed E-state index contributed by atoms with van der Waals surface area (Å²) in [5.41, 5.74) is -0.0242. The Kier molecular flexibility index (Phi) is 3.53. The van der Waals surface area contributed by atoms with Crippen LogP contribution in [0.4, 0.5) is 8.78 Å². The number of methoxy groups -OCH3 is 1. The van der Waals surface area contributed by atoms with E-state index in [0.717, 1.165) is 20.0 Å². The summed E-state index contributed by atoms with van der Waals surface area (Å²) in [6.45, 7) is 0.596. The van der Waals surface area contributed by atoms with Crippen LogP contribution in [0, 0.1) is 5.92 Å². The third-order valence-corrected chi connectivity index (χ3v) is 3.46. The molecule has 112 valence electrons. The molecule has 3 rings (SSSR count). The number of hydrogen-bond acceptors (Lipinski definition) is 4. The zero-order valence-corrected chi connectivity index (χ0v) is 11.4. The van der Waals surface area contributed by atoms with Crippen molar-refractivity contribution in [1.82, 2.24) is 0 Å². The fourth-order valence-corrected chi connectivity index (χ4v) is 2.15. The average molecular weight is 296 g/mol. The van der Waals surface area contributed by atoms with Crippen LogP contribution in [0.3, 0.4) is 0 Å². The van der Waals surface area contributed by atoms with E-state index in [0.29, 0.717) is 18.3 Å². The van der Waals surface area contributed by atoms with Gasteiger partial charge in [-0.15, -0.1) is 0 Å². The summed E-state index contributed by atoms with van der Waals surface area (Å²) >= 11 is 0. The molecule has 1 aliphatic rings. The Balaban J connectivity index is 2.02. The Hall–Kier alpha value is -2.11. The van der Waals surface area contributed by atoms with Gasteiger partial charge in [0.2, 0.25) is 0 Å². The number of hydrogen-bond donors (Lipinski definition) is 0. The van der Waals surface area contributed by atoms with Gasteiger partial charge in [-0.3, -0.25) is 0 Å². The highest BCUT2D eigenvalue weighted by atomic mass is 19.3. The van der Waals surface area contributed by atoms with Crippen LogP contribution in [0.25, 0.3) is 11.0 Å². The van der Waals surface area contributed by atoms with Crippen LogP contribution in [-0.4, -0.2) is 19.7 Å². The van der Waals surface area contributed by atoms with Gasteiger partial charge in [0.25, 0.3) is 6.43 Å². The van der Waals surface area contributed by atoms with Crippen LogP contribution >= 0.6 is 0 Å². The van der Waals surface area contributed by atoms with E-state index in [9.17, 15) is 13.6 Å². The van der Waals surface area contributed by atoms with E-state index in [1.54, 1.807) is 12.1 Å². The molecule has 21 heavy (non-hydrogen) atoms. The van der Waals surface area contributed by atoms with Gasteiger partial charge in [0.1, 0.15) is 16.9 Å². The number of carbonyl (C=O) groups excluding carboxylic acids is 1. The van der Waals surface area contributed by atoms with Gasteiger partial charge in [-0.2, -0.15) is 0 Å². The van der Waals surface area contributed by atoms with Crippen molar-refractivity contribution in [3.05, 3.63) is 29.5 Å². The monoisotopic (exact) mass is 296 g/mol. The number of alkyl halides is 2. The lowest BCUT2D eigenvalue weighted by Crippen LogP contribution is -2.04. The number of fused-ring (bicyclic) bond motifs is 1. The first-order chi connectivity index (χ1) is 10.1. The van der Waals surface area contributed by atoms with Crippen molar-refractivity contribution in [2.24, 2.45) is 5.92 Å². The highest BCUT2D eigenvalue weighted by Gasteiger charge is 2.28. The fourth-order valence-electron chi connectivity index (χ4n) is 2.15. The third kappa shape index (κ3) is 2.70. The number of furan rings is 1. The number of esters is 1. The Morgan fingerprint density at radius 1 is 1.43 bits per heavy atom. The molecule has 0 saturated heterocycles. The van der Waals surface area contributed by atoms with Crippen LogP contribution in [-0.2, 0) is 4.74 Å². The van der Waals surface area contributed by atoms with Crippen LogP contribution in [0.5, 0.6) is 5.75 Å². The molecule has 0 atom stereocenters. The van der Waals surface area contributed by atoms with E-state index in [2.05, 4.69) is 4.74 Å². The van der Waals surface area contributed by atoms with Crippen molar-refractivity contribution in [3.8, 4) is 5.75 Å². The molecular formula is C15H14F2O4. The summed E-state index contributed by atoms with van der Waals surface area (Å²) < 4.78 is 41.2. The number of rotatable bonds is 5. The van der Waals surface area contributed by atoms with E-state index in [1.807, 2.05) is 0 Å². The Morgan fingerprint density at radius 3 is 2.81 bits per heavy atom. The molecule has 4 nitrogen and oxygen atoms in total. The molecule has 1 saturated carbocycles. The average Bonchev–Trinajstić information content (AvgIpc) is 3.22. The second-order valence-electron chi connectivity index (χ2n) is 5.05. The summed E-state index contributed by atoms with van der Waals surface area (Å²) in [5, 5.41) is 0.283. The molecule has 1 aliphatic carbocycles. The van der Waals surface area contributed by atoms with E-state index in [1.165, 1.54) is 6.07 Å². The van der Waals surface area contributed by atoms with Crippen LogP contribution in [0.15, 0.2) is 22.6 Å². The van der Waals surface area contributed by atoms with Crippen LogP contribution in [0.1, 0.15) is 35.4 Å². The third-order valence-electron chi connectivity index (χ3n) is 3.46. The molecule has 0 aliphatic heterocycles. The van der Waals surface area contributed by atoms with E-state index in [4.69, 9.17) is 9.15 Å². The molecule has 0 radical (unpaired) electrons. The molecule has 2 aromatic rings. The maximum absolute atomic E-state index is 13.0. The Bertz CT molecular complexity index is 674. The molecule has 0 unspecified atom stereocenters. The quantitative estimate of drug-likeness (QED) is 0.784. The molecule has 1 heterocycles. The number of carbonyl (C=O) groups is 1. The van der Waals surface area contributed by atoms with E-state index >= 15 is 0 Å². The van der Waals surface area contributed by atoms with Crippen molar-refractivity contribution < 1.29 is 27.5 Å². The zero-order valence-electron chi connectivity index (χ0n) is 11.4. The first-order valence-corrected chi connectivity index (χ1v) is 6.66. The van der Waals surface area contributed by atoms with Gasteiger partial charge in [0.05, 0.1) is 13.7 Å².